The van der Waals surface area contributed by atoms with Gasteiger partial charge in [0.1, 0.15) is 18.1 Å². The molecule has 33 heavy (non-hydrogen) atoms. The van der Waals surface area contributed by atoms with E-state index in [1.807, 2.05) is 13.8 Å². The monoisotopic (exact) mass is 507 g/mol. The number of thiol groups is 2. The number of rotatable bonds is 16. The Morgan fingerprint density at radius 3 is 1.97 bits per heavy atom. The van der Waals surface area contributed by atoms with Crippen molar-refractivity contribution in [3.8, 4) is 0 Å². The van der Waals surface area contributed by atoms with Crippen LogP contribution in [0, 0.1) is 11.3 Å². The second kappa shape index (κ2) is 16.4. The van der Waals surface area contributed by atoms with E-state index in [2.05, 4.69) is 46.5 Å². The Labute approximate surface area is 205 Å². The summed E-state index contributed by atoms with van der Waals surface area (Å²) in [5.41, 5.74) is 11.1. The first kappa shape index (κ1) is 30.8. The van der Waals surface area contributed by atoms with Gasteiger partial charge in [-0.05, 0) is 37.4 Å². The SMILES string of the molecule is CC(C)C[C@H](NC(=O)[C@H](CCCNC(=N)N)NC(=O)[C@@H](N)CCS)C(=O)N[C@@H](CS)C(=O)O. The van der Waals surface area contributed by atoms with E-state index in [1.54, 1.807) is 0 Å². The van der Waals surface area contributed by atoms with Crippen LogP contribution in [-0.2, 0) is 19.2 Å². The van der Waals surface area contributed by atoms with E-state index in [0.29, 0.717) is 25.1 Å². The highest BCUT2D eigenvalue weighted by molar-refractivity contribution is 7.80. The second-order valence-corrected chi connectivity index (χ2v) is 8.75. The zero-order valence-electron chi connectivity index (χ0n) is 19.0. The van der Waals surface area contributed by atoms with Crippen molar-refractivity contribution in [2.45, 2.75) is 63.7 Å². The number of nitrogens with one attached hydrogen (secondary N) is 5. The Balaban J connectivity index is 5.43. The number of hydrogen-bond acceptors (Lipinski definition) is 8. The minimum absolute atomic E-state index is 0.0111. The fourth-order valence-electron chi connectivity index (χ4n) is 2.78. The minimum atomic E-state index is -1.24. The summed E-state index contributed by atoms with van der Waals surface area (Å²) < 4.78 is 0. The number of carbonyl (C=O) groups excluding carboxylic acids is 3. The maximum Gasteiger partial charge on any atom is 0.327 e. The van der Waals surface area contributed by atoms with E-state index < -0.39 is 47.9 Å². The third-order valence-electron chi connectivity index (χ3n) is 4.53. The van der Waals surface area contributed by atoms with Crippen LogP contribution in [0.4, 0.5) is 0 Å². The number of nitrogens with two attached hydrogens (primary N) is 2. The van der Waals surface area contributed by atoms with E-state index in [0.717, 1.165) is 0 Å². The maximum atomic E-state index is 13.0. The van der Waals surface area contributed by atoms with E-state index in [9.17, 15) is 19.2 Å². The molecule has 0 heterocycles. The molecule has 0 aliphatic carbocycles. The first-order valence-corrected chi connectivity index (χ1v) is 11.9. The molecule has 0 aromatic carbocycles. The predicted octanol–water partition coefficient (Wildman–Crippen LogP) is -1.59. The van der Waals surface area contributed by atoms with Crippen molar-refractivity contribution in [1.82, 2.24) is 21.3 Å². The number of hydrogen-bond donors (Lipinski definition) is 10. The fourth-order valence-corrected chi connectivity index (χ4v) is 3.31. The molecule has 10 N–H and O–H groups in total. The molecule has 0 aromatic heterocycles. The minimum Gasteiger partial charge on any atom is -0.480 e. The lowest BCUT2D eigenvalue weighted by atomic mass is 10.0. The van der Waals surface area contributed by atoms with E-state index in [-0.39, 0.29) is 30.5 Å². The number of carbonyl (C=O) groups is 4. The van der Waals surface area contributed by atoms with E-state index >= 15 is 0 Å². The third kappa shape index (κ3) is 13.2. The zero-order valence-corrected chi connectivity index (χ0v) is 20.8. The summed E-state index contributed by atoms with van der Waals surface area (Å²) in [7, 11) is 0. The Morgan fingerprint density at radius 1 is 0.939 bits per heavy atom. The van der Waals surface area contributed by atoms with Crippen LogP contribution in [0.5, 0.6) is 0 Å². The summed E-state index contributed by atoms with van der Waals surface area (Å²) in [4.78, 5) is 49.3. The summed E-state index contributed by atoms with van der Waals surface area (Å²) >= 11 is 7.98. The highest BCUT2D eigenvalue weighted by Crippen LogP contribution is 2.08. The molecule has 4 atom stereocenters. The van der Waals surface area contributed by atoms with Crippen LogP contribution in [-0.4, -0.2) is 77.0 Å². The molecular formula is C19H37N7O5S2. The van der Waals surface area contributed by atoms with Crippen molar-refractivity contribution in [2.24, 2.45) is 17.4 Å². The average molecular weight is 508 g/mol. The van der Waals surface area contributed by atoms with Gasteiger partial charge in [0.05, 0.1) is 6.04 Å². The molecule has 0 bridgehead atoms. The van der Waals surface area contributed by atoms with Crippen LogP contribution in [0.3, 0.4) is 0 Å². The highest BCUT2D eigenvalue weighted by atomic mass is 32.1. The average Bonchev–Trinajstić information content (AvgIpc) is 2.72. The normalized spacial score (nSPS) is 14.5. The molecule has 12 nitrogen and oxygen atoms in total. The van der Waals surface area contributed by atoms with Crippen LogP contribution in [0.2, 0.25) is 0 Å². The lowest BCUT2D eigenvalue weighted by Crippen LogP contribution is -2.57. The molecule has 0 fully saturated rings. The fraction of sp³-hybridized carbons (Fsp3) is 0.737. The van der Waals surface area contributed by atoms with Gasteiger partial charge in [0.25, 0.3) is 0 Å². The summed E-state index contributed by atoms with van der Waals surface area (Å²) in [6, 6.07) is -4.07. The van der Waals surface area contributed by atoms with Crippen LogP contribution < -0.4 is 32.7 Å². The zero-order chi connectivity index (χ0) is 25.6. The van der Waals surface area contributed by atoms with Crippen molar-refractivity contribution in [3.05, 3.63) is 0 Å². The second-order valence-electron chi connectivity index (χ2n) is 7.94. The van der Waals surface area contributed by atoms with Gasteiger partial charge in [-0.2, -0.15) is 25.3 Å². The van der Waals surface area contributed by atoms with Crippen LogP contribution in [0.15, 0.2) is 0 Å². The van der Waals surface area contributed by atoms with Crippen LogP contribution in [0.25, 0.3) is 0 Å². The Kier molecular flexibility index (Phi) is 15.3. The molecule has 3 amide bonds. The quantitative estimate of drug-likeness (QED) is 0.0508. The molecule has 0 aliphatic rings. The van der Waals surface area contributed by atoms with Gasteiger partial charge in [0.15, 0.2) is 5.96 Å². The Bertz CT molecular complexity index is 681. The molecule has 0 radical (unpaired) electrons. The molecule has 14 heteroatoms. The van der Waals surface area contributed by atoms with Crippen molar-refractivity contribution < 1.29 is 24.3 Å². The maximum absolute atomic E-state index is 13.0. The number of guanidine groups is 1. The first-order valence-electron chi connectivity index (χ1n) is 10.6. The summed E-state index contributed by atoms with van der Waals surface area (Å²) in [5.74, 6) is -2.98. The van der Waals surface area contributed by atoms with Crippen LogP contribution in [0.1, 0.15) is 39.5 Å². The number of carboxylic acids is 1. The molecule has 0 spiro atoms. The highest BCUT2D eigenvalue weighted by Gasteiger charge is 2.30. The summed E-state index contributed by atoms with van der Waals surface area (Å²) in [6.45, 7) is 4.00. The summed E-state index contributed by atoms with van der Waals surface area (Å²) in [5, 5.41) is 26.5. The molecular weight excluding hydrogens is 470 g/mol. The van der Waals surface area contributed by atoms with Gasteiger partial charge in [-0.3, -0.25) is 19.8 Å². The van der Waals surface area contributed by atoms with Gasteiger partial charge in [-0.1, -0.05) is 13.8 Å². The van der Waals surface area contributed by atoms with Gasteiger partial charge in [-0.25, -0.2) is 4.79 Å². The molecule has 190 valence electrons. The van der Waals surface area contributed by atoms with Crippen molar-refractivity contribution in [2.75, 3.05) is 18.1 Å². The standard InChI is InChI=1S/C19H37N7O5S2/c1-10(2)8-13(17(29)26-14(9-33)18(30)31)25-16(28)12(4-3-6-23-19(21)22)24-15(27)11(20)5-7-32/h10-14,32-33H,3-9,20H2,1-2H3,(H,24,27)(H,25,28)(H,26,29)(H,30,31)(H4,21,22,23)/t11-,12-,13-,14-/m0/s1. The van der Waals surface area contributed by atoms with Crippen LogP contribution >= 0.6 is 25.3 Å². The Hall–Kier alpha value is -2.19. The molecule has 0 saturated heterocycles. The van der Waals surface area contributed by atoms with E-state index in [4.69, 9.17) is 22.0 Å². The predicted molar refractivity (Wildman–Crippen MR) is 132 cm³/mol. The molecule has 0 rings (SSSR count). The van der Waals surface area contributed by atoms with Crippen molar-refractivity contribution in [1.29, 1.82) is 5.41 Å². The molecule has 0 unspecified atom stereocenters. The first-order chi connectivity index (χ1) is 15.4. The smallest absolute Gasteiger partial charge is 0.327 e. The van der Waals surface area contributed by atoms with Gasteiger partial charge < -0.3 is 37.8 Å². The van der Waals surface area contributed by atoms with Gasteiger partial charge >= 0.3 is 5.97 Å². The lowest BCUT2D eigenvalue weighted by Gasteiger charge is -2.26. The topological polar surface area (TPSA) is 213 Å². The number of amides is 3. The largest absolute Gasteiger partial charge is 0.480 e. The number of carboxylic acid groups (broad SMARTS) is 1. The third-order valence-corrected chi connectivity index (χ3v) is 5.16. The summed E-state index contributed by atoms with van der Waals surface area (Å²) in [6.07, 6.45) is 1.15. The van der Waals surface area contributed by atoms with Gasteiger partial charge in [-0.15, -0.1) is 0 Å². The number of aliphatic carboxylic acids is 1. The Morgan fingerprint density at radius 2 is 1.48 bits per heavy atom. The molecule has 0 aliphatic heterocycles. The molecule has 0 saturated carbocycles. The van der Waals surface area contributed by atoms with E-state index in [1.165, 1.54) is 0 Å². The lowest BCUT2D eigenvalue weighted by molar-refractivity contribution is -0.141. The molecule has 0 aromatic rings. The van der Waals surface area contributed by atoms with Crippen molar-refractivity contribution >= 4 is 54.9 Å². The van der Waals surface area contributed by atoms with Crippen molar-refractivity contribution in [3.63, 3.8) is 0 Å². The van der Waals surface area contributed by atoms with Gasteiger partial charge in [0.2, 0.25) is 17.7 Å². The van der Waals surface area contributed by atoms with Gasteiger partial charge in [0, 0.05) is 12.3 Å².